The second-order valence-corrected chi connectivity index (χ2v) is 2.42. The molecule has 0 saturated heterocycles. The van der Waals surface area contributed by atoms with Gasteiger partial charge in [0.05, 0.1) is 13.3 Å². The number of esters is 1. The molecule has 0 radical (unpaired) electrons. The molecule has 0 aliphatic rings. The number of aromatic hydroxyl groups is 1. The van der Waals surface area contributed by atoms with Crippen LogP contribution in [0, 0.1) is 0 Å². The van der Waals surface area contributed by atoms with E-state index < -0.39 is 23.8 Å². The Morgan fingerprint density at radius 2 is 2.29 bits per heavy atom. The summed E-state index contributed by atoms with van der Waals surface area (Å²) >= 11 is 0. The fraction of sp³-hybridized carbons (Fsp3) is 0.250. The van der Waals surface area contributed by atoms with E-state index in [1.165, 1.54) is 0 Å². The molecule has 1 aromatic rings. The van der Waals surface area contributed by atoms with E-state index >= 15 is 0 Å². The summed E-state index contributed by atoms with van der Waals surface area (Å²) in [6.45, 7) is 0. The Bertz CT molecular complexity index is 354. The Morgan fingerprint density at radius 3 is 2.79 bits per heavy atom. The third-order valence-corrected chi connectivity index (χ3v) is 1.53. The maximum absolute atomic E-state index is 12.1. The zero-order chi connectivity index (χ0) is 10.7. The molecular formula is C8H7F2NO3. The number of nitrogens with zero attached hydrogens (tertiary/aromatic N) is 1. The topological polar surface area (TPSA) is 59.4 Å². The quantitative estimate of drug-likeness (QED) is 0.740. The van der Waals surface area contributed by atoms with E-state index in [9.17, 15) is 13.6 Å². The standard InChI is InChI=1S/C8H7F2NO3/c1-14-8(13)4-2-5(7(9)10)11-3-6(4)12/h2-3,7,12H,1H3. The number of rotatable bonds is 2. The molecule has 1 rings (SSSR count). The van der Waals surface area contributed by atoms with E-state index in [4.69, 9.17) is 5.11 Å². The van der Waals surface area contributed by atoms with Crippen LogP contribution < -0.4 is 0 Å². The molecule has 0 aromatic carbocycles. The summed E-state index contributed by atoms with van der Waals surface area (Å²) in [7, 11) is 1.09. The molecule has 76 valence electrons. The molecule has 0 saturated carbocycles. The minimum Gasteiger partial charge on any atom is -0.505 e. The minimum atomic E-state index is -2.79. The second-order valence-electron chi connectivity index (χ2n) is 2.42. The molecule has 4 nitrogen and oxygen atoms in total. The van der Waals surface area contributed by atoms with Crippen molar-refractivity contribution in [2.24, 2.45) is 0 Å². The van der Waals surface area contributed by atoms with E-state index in [0.29, 0.717) is 0 Å². The molecule has 0 unspecified atom stereocenters. The Morgan fingerprint density at radius 1 is 1.64 bits per heavy atom. The molecule has 0 atom stereocenters. The van der Waals surface area contributed by atoms with E-state index in [1.807, 2.05) is 0 Å². The summed E-state index contributed by atoms with van der Waals surface area (Å²) in [4.78, 5) is 14.2. The number of alkyl halides is 2. The Labute approximate surface area is 78.1 Å². The van der Waals surface area contributed by atoms with Gasteiger partial charge in [0.2, 0.25) is 0 Å². The molecule has 0 fully saturated rings. The Balaban J connectivity index is 3.15. The summed E-state index contributed by atoms with van der Waals surface area (Å²) in [5, 5.41) is 9.11. The highest BCUT2D eigenvalue weighted by atomic mass is 19.3. The lowest BCUT2D eigenvalue weighted by Crippen LogP contribution is -2.03. The maximum atomic E-state index is 12.1. The Hall–Kier alpha value is -1.72. The van der Waals surface area contributed by atoms with Crippen molar-refractivity contribution in [3.8, 4) is 5.75 Å². The molecule has 0 spiro atoms. The molecule has 0 aliphatic carbocycles. The van der Waals surface area contributed by atoms with Crippen molar-refractivity contribution >= 4 is 5.97 Å². The number of pyridine rings is 1. The first-order valence-electron chi connectivity index (χ1n) is 3.61. The van der Waals surface area contributed by atoms with Crippen molar-refractivity contribution in [1.29, 1.82) is 0 Å². The van der Waals surface area contributed by atoms with Crippen molar-refractivity contribution < 1.29 is 23.4 Å². The molecule has 0 bridgehead atoms. The average Bonchev–Trinajstić information content (AvgIpc) is 2.17. The van der Waals surface area contributed by atoms with Gasteiger partial charge in [0.15, 0.2) is 0 Å². The van der Waals surface area contributed by atoms with Gasteiger partial charge in [0.25, 0.3) is 6.43 Å². The smallest absolute Gasteiger partial charge is 0.341 e. The molecular weight excluding hydrogens is 196 g/mol. The molecule has 14 heavy (non-hydrogen) atoms. The van der Waals surface area contributed by atoms with Gasteiger partial charge in [-0.25, -0.2) is 13.6 Å². The van der Waals surface area contributed by atoms with Gasteiger partial charge in [0, 0.05) is 0 Å². The monoisotopic (exact) mass is 203 g/mol. The normalized spacial score (nSPS) is 10.3. The second kappa shape index (κ2) is 3.99. The number of aromatic nitrogens is 1. The number of methoxy groups -OCH3 is 1. The molecule has 1 N–H and O–H groups in total. The van der Waals surface area contributed by atoms with Crippen LogP contribution in [0.4, 0.5) is 8.78 Å². The summed E-state index contributed by atoms with van der Waals surface area (Å²) in [5.41, 5.74) is -0.902. The van der Waals surface area contributed by atoms with Crippen molar-refractivity contribution in [2.75, 3.05) is 7.11 Å². The number of halogens is 2. The first-order chi connectivity index (χ1) is 6.56. The van der Waals surface area contributed by atoms with E-state index in [-0.39, 0.29) is 5.56 Å². The van der Waals surface area contributed by atoms with Crippen LogP contribution in [0.15, 0.2) is 12.3 Å². The van der Waals surface area contributed by atoms with Gasteiger partial charge < -0.3 is 9.84 Å². The fourth-order valence-electron chi connectivity index (χ4n) is 0.857. The molecule has 0 aliphatic heterocycles. The van der Waals surface area contributed by atoms with Crippen LogP contribution in [-0.2, 0) is 4.74 Å². The van der Waals surface area contributed by atoms with Crippen LogP contribution in [0.25, 0.3) is 0 Å². The van der Waals surface area contributed by atoms with Crippen LogP contribution in [0.3, 0.4) is 0 Å². The SMILES string of the molecule is COC(=O)c1cc(C(F)F)ncc1O. The third kappa shape index (κ3) is 1.95. The highest BCUT2D eigenvalue weighted by Gasteiger charge is 2.17. The van der Waals surface area contributed by atoms with Crippen molar-refractivity contribution in [3.63, 3.8) is 0 Å². The zero-order valence-electron chi connectivity index (χ0n) is 7.20. The van der Waals surface area contributed by atoms with Gasteiger partial charge in [-0.3, -0.25) is 4.98 Å². The number of hydrogen-bond acceptors (Lipinski definition) is 4. The molecule has 0 amide bonds. The van der Waals surface area contributed by atoms with Gasteiger partial charge in [-0.05, 0) is 6.07 Å². The first-order valence-corrected chi connectivity index (χ1v) is 3.61. The van der Waals surface area contributed by atoms with E-state index in [2.05, 4.69) is 9.72 Å². The minimum absolute atomic E-state index is 0.321. The lowest BCUT2D eigenvalue weighted by molar-refractivity contribution is 0.0596. The summed E-state index contributed by atoms with van der Waals surface area (Å²) < 4.78 is 28.6. The molecule has 1 heterocycles. The maximum Gasteiger partial charge on any atom is 0.341 e. The molecule has 1 aromatic heterocycles. The van der Waals surface area contributed by atoms with Gasteiger partial charge in [0.1, 0.15) is 17.0 Å². The van der Waals surface area contributed by atoms with E-state index in [1.54, 1.807) is 0 Å². The number of carbonyl (C=O) groups is 1. The average molecular weight is 203 g/mol. The summed E-state index contributed by atoms with van der Waals surface area (Å²) in [6.07, 6.45) is -2.01. The third-order valence-electron chi connectivity index (χ3n) is 1.53. The van der Waals surface area contributed by atoms with Gasteiger partial charge in [-0.2, -0.15) is 0 Å². The molecule has 6 heteroatoms. The van der Waals surface area contributed by atoms with Crippen LogP contribution >= 0.6 is 0 Å². The van der Waals surface area contributed by atoms with Crippen LogP contribution in [-0.4, -0.2) is 23.2 Å². The zero-order valence-corrected chi connectivity index (χ0v) is 7.20. The van der Waals surface area contributed by atoms with Gasteiger partial charge >= 0.3 is 5.97 Å². The largest absolute Gasteiger partial charge is 0.505 e. The van der Waals surface area contributed by atoms with Crippen molar-refractivity contribution in [1.82, 2.24) is 4.98 Å². The number of ether oxygens (including phenoxy) is 1. The lowest BCUT2D eigenvalue weighted by atomic mass is 10.2. The number of hydrogen-bond donors (Lipinski definition) is 1. The highest BCUT2D eigenvalue weighted by molar-refractivity contribution is 5.92. The first kappa shape index (κ1) is 10.4. The number of carbonyl (C=O) groups excluding carboxylic acids is 1. The predicted molar refractivity (Wildman–Crippen MR) is 42.2 cm³/mol. The summed E-state index contributed by atoms with van der Waals surface area (Å²) in [5.74, 6) is -1.37. The van der Waals surface area contributed by atoms with E-state index in [0.717, 1.165) is 19.4 Å². The Kier molecular flexibility index (Phi) is 2.95. The van der Waals surface area contributed by atoms with Crippen molar-refractivity contribution in [2.45, 2.75) is 6.43 Å². The highest BCUT2D eigenvalue weighted by Crippen LogP contribution is 2.23. The predicted octanol–water partition coefficient (Wildman–Crippen LogP) is 1.51. The van der Waals surface area contributed by atoms with Crippen molar-refractivity contribution in [3.05, 3.63) is 23.5 Å². The van der Waals surface area contributed by atoms with Crippen LogP contribution in [0.5, 0.6) is 5.75 Å². The summed E-state index contributed by atoms with van der Waals surface area (Å²) in [6, 6.07) is 0.797. The lowest BCUT2D eigenvalue weighted by Gasteiger charge is -2.04. The van der Waals surface area contributed by atoms with Gasteiger partial charge in [-0.1, -0.05) is 0 Å². The van der Waals surface area contributed by atoms with Crippen LogP contribution in [0.1, 0.15) is 22.5 Å². The van der Waals surface area contributed by atoms with Gasteiger partial charge in [-0.15, -0.1) is 0 Å². The fourth-order valence-corrected chi connectivity index (χ4v) is 0.857. The van der Waals surface area contributed by atoms with Crippen LogP contribution in [0.2, 0.25) is 0 Å².